The van der Waals surface area contributed by atoms with Crippen LogP contribution in [0.4, 0.5) is 5.69 Å². The highest BCUT2D eigenvalue weighted by Gasteiger charge is 2.44. The van der Waals surface area contributed by atoms with Crippen LogP contribution in [0.2, 0.25) is 0 Å². The van der Waals surface area contributed by atoms with Gasteiger partial charge in [0.1, 0.15) is 17.5 Å². The van der Waals surface area contributed by atoms with E-state index < -0.39 is 23.8 Å². The third-order valence-electron chi connectivity index (χ3n) is 5.34. The first-order valence-electron chi connectivity index (χ1n) is 10.5. The summed E-state index contributed by atoms with van der Waals surface area (Å²) in [5, 5.41) is 1.89. The molecule has 0 N–H and O–H groups in total. The maximum atomic E-state index is 13.5. The average molecular weight is 479 g/mol. The second kappa shape index (κ2) is 9.88. The van der Waals surface area contributed by atoms with Crippen molar-refractivity contribution >= 4 is 40.7 Å². The maximum Gasteiger partial charge on any atom is 0.308 e. The predicted octanol–water partition coefficient (Wildman–Crippen LogP) is 3.66. The van der Waals surface area contributed by atoms with Gasteiger partial charge >= 0.3 is 5.97 Å². The zero-order valence-corrected chi connectivity index (χ0v) is 19.4. The van der Waals surface area contributed by atoms with Gasteiger partial charge in [0.2, 0.25) is 5.91 Å². The summed E-state index contributed by atoms with van der Waals surface area (Å²) in [4.78, 5) is 54.4. The third-order valence-corrected chi connectivity index (χ3v) is 6.20. The number of thiophene rings is 1. The monoisotopic (exact) mass is 478 g/mol. The number of hydrogen-bond donors (Lipinski definition) is 0. The number of anilines is 1. The van der Waals surface area contributed by atoms with E-state index >= 15 is 0 Å². The van der Waals surface area contributed by atoms with E-state index in [1.807, 2.05) is 17.5 Å². The van der Waals surface area contributed by atoms with Gasteiger partial charge < -0.3 is 14.4 Å². The fourth-order valence-corrected chi connectivity index (χ4v) is 4.48. The van der Waals surface area contributed by atoms with Crippen LogP contribution in [0.3, 0.4) is 0 Å². The molecule has 2 aromatic carbocycles. The third kappa shape index (κ3) is 4.84. The molecule has 1 unspecified atom stereocenters. The minimum Gasteiger partial charge on any atom is -0.497 e. The van der Waals surface area contributed by atoms with E-state index in [1.165, 1.54) is 54.5 Å². The zero-order chi connectivity index (χ0) is 24.2. The van der Waals surface area contributed by atoms with E-state index in [0.717, 1.165) is 9.78 Å². The molecule has 8 nitrogen and oxygen atoms in total. The van der Waals surface area contributed by atoms with Crippen molar-refractivity contribution in [3.8, 4) is 11.5 Å². The number of benzene rings is 2. The number of carbonyl (C=O) groups excluding carboxylic acids is 4. The Balaban J connectivity index is 1.63. The van der Waals surface area contributed by atoms with Crippen LogP contribution >= 0.6 is 11.3 Å². The van der Waals surface area contributed by atoms with Gasteiger partial charge in [-0.15, -0.1) is 11.3 Å². The fraction of sp³-hybridized carbons (Fsp3) is 0.200. The van der Waals surface area contributed by atoms with Crippen molar-refractivity contribution in [3.05, 3.63) is 76.5 Å². The molecule has 174 valence electrons. The molecule has 0 spiro atoms. The average Bonchev–Trinajstić information content (AvgIpc) is 3.44. The van der Waals surface area contributed by atoms with Gasteiger partial charge in [-0.05, 0) is 53.9 Å². The van der Waals surface area contributed by atoms with Crippen molar-refractivity contribution in [2.75, 3.05) is 12.0 Å². The quantitative estimate of drug-likeness (QED) is 0.292. The summed E-state index contributed by atoms with van der Waals surface area (Å²) in [6.07, 6.45) is -0.133. The molecule has 1 saturated heterocycles. The number of esters is 1. The van der Waals surface area contributed by atoms with E-state index in [1.54, 1.807) is 24.3 Å². The minimum atomic E-state index is -0.957. The Morgan fingerprint density at radius 3 is 2.47 bits per heavy atom. The molecular formula is C25H22N2O6S. The van der Waals surface area contributed by atoms with Crippen LogP contribution in [-0.4, -0.2) is 41.7 Å². The van der Waals surface area contributed by atoms with Crippen LogP contribution < -0.4 is 14.4 Å². The molecular weight excluding hydrogens is 456 g/mol. The molecule has 3 aromatic rings. The second-order valence-corrected chi connectivity index (χ2v) is 8.65. The van der Waals surface area contributed by atoms with Crippen LogP contribution in [0.5, 0.6) is 11.5 Å². The molecule has 4 rings (SSSR count). The summed E-state index contributed by atoms with van der Waals surface area (Å²) >= 11 is 1.47. The molecule has 0 radical (unpaired) electrons. The lowest BCUT2D eigenvalue weighted by atomic mass is 10.1. The number of nitrogens with zero attached hydrogens (tertiary/aromatic N) is 2. The van der Waals surface area contributed by atoms with Crippen molar-refractivity contribution in [3.63, 3.8) is 0 Å². The first-order chi connectivity index (χ1) is 16.4. The summed E-state index contributed by atoms with van der Waals surface area (Å²) < 4.78 is 10.2. The van der Waals surface area contributed by atoms with Crippen LogP contribution in [0, 0.1) is 0 Å². The Labute approximate surface area is 200 Å². The summed E-state index contributed by atoms with van der Waals surface area (Å²) in [7, 11) is 1.51. The van der Waals surface area contributed by atoms with Crippen molar-refractivity contribution in [2.45, 2.75) is 25.9 Å². The fourth-order valence-electron chi connectivity index (χ4n) is 3.78. The Hall–Kier alpha value is -3.98. The highest BCUT2D eigenvalue weighted by molar-refractivity contribution is 7.09. The van der Waals surface area contributed by atoms with Gasteiger partial charge in [0.05, 0.1) is 25.8 Å². The molecule has 0 saturated carbocycles. The SMILES string of the molecule is COc1cccc(C(=O)N(Cc2cccs2)C2CC(=O)N(c3ccc(OC(C)=O)cc3)C2=O)c1. The molecule has 1 aliphatic rings. The van der Waals surface area contributed by atoms with Crippen LogP contribution in [0.25, 0.3) is 0 Å². The maximum absolute atomic E-state index is 13.5. The van der Waals surface area contributed by atoms with Crippen LogP contribution in [0.1, 0.15) is 28.6 Å². The Morgan fingerprint density at radius 1 is 1.06 bits per heavy atom. The highest BCUT2D eigenvalue weighted by atomic mass is 32.1. The van der Waals surface area contributed by atoms with Crippen molar-refractivity contribution in [1.29, 1.82) is 0 Å². The first-order valence-corrected chi connectivity index (χ1v) is 11.4. The Kier molecular flexibility index (Phi) is 6.74. The van der Waals surface area contributed by atoms with Gasteiger partial charge in [0.25, 0.3) is 11.8 Å². The summed E-state index contributed by atoms with van der Waals surface area (Å²) in [5.74, 6) is -0.917. The minimum absolute atomic E-state index is 0.133. The predicted molar refractivity (Wildman–Crippen MR) is 126 cm³/mol. The molecule has 0 aliphatic carbocycles. The molecule has 9 heteroatoms. The highest BCUT2D eigenvalue weighted by Crippen LogP contribution is 2.30. The smallest absolute Gasteiger partial charge is 0.308 e. The molecule has 34 heavy (non-hydrogen) atoms. The lowest BCUT2D eigenvalue weighted by Crippen LogP contribution is -2.45. The van der Waals surface area contributed by atoms with E-state index in [0.29, 0.717) is 22.7 Å². The summed E-state index contributed by atoms with van der Waals surface area (Å²) in [5.41, 5.74) is 0.707. The first kappa shape index (κ1) is 23.2. The number of amides is 3. The number of imide groups is 1. The van der Waals surface area contributed by atoms with Crippen molar-refractivity contribution in [2.24, 2.45) is 0 Å². The number of carbonyl (C=O) groups is 4. The van der Waals surface area contributed by atoms with E-state index in [2.05, 4.69) is 0 Å². The Morgan fingerprint density at radius 2 is 1.82 bits per heavy atom. The van der Waals surface area contributed by atoms with E-state index in [-0.39, 0.29) is 18.9 Å². The van der Waals surface area contributed by atoms with Gasteiger partial charge in [-0.3, -0.25) is 19.2 Å². The molecule has 1 fully saturated rings. The van der Waals surface area contributed by atoms with E-state index in [9.17, 15) is 19.2 Å². The molecule has 1 aliphatic heterocycles. The van der Waals surface area contributed by atoms with Crippen LogP contribution in [-0.2, 0) is 20.9 Å². The standard InChI is InChI=1S/C25H22N2O6S/c1-16(28)33-19-10-8-18(9-11-19)27-23(29)14-22(25(27)31)26(15-21-7-4-12-34-21)24(30)17-5-3-6-20(13-17)32-2/h3-13,22H,14-15H2,1-2H3. The van der Waals surface area contributed by atoms with Crippen LogP contribution in [0.15, 0.2) is 66.0 Å². The number of rotatable bonds is 7. The lowest BCUT2D eigenvalue weighted by Gasteiger charge is -2.27. The number of methoxy groups -OCH3 is 1. The topological polar surface area (TPSA) is 93.2 Å². The van der Waals surface area contributed by atoms with Gasteiger partial charge in [-0.1, -0.05) is 12.1 Å². The largest absolute Gasteiger partial charge is 0.497 e. The van der Waals surface area contributed by atoms with Gasteiger partial charge in [-0.25, -0.2) is 4.90 Å². The summed E-state index contributed by atoms with van der Waals surface area (Å²) in [6.45, 7) is 1.48. The molecule has 3 amide bonds. The molecule has 1 aromatic heterocycles. The second-order valence-electron chi connectivity index (χ2n) is 7.62. The Bertz CT molecular complexity index is 1220. The number of hydrogen-bond acceptors (Lipinski definition) is 7. The zero-order valence-electron chi connectivity index (χ0n) is 18.6. The molecule has 1 atom stereocenters. The van der Waals surface area contributed by atoms with Gasteiger partial charge in [0.15, 0.2) is 0 Å². The van der Waals surface area contributed by atoms with Crippen molar-refractivity contribution < 1.29 is 28.7 Å². The van der Waals surface area contributed by atoms with Gasteiger partial charge in [-0.2, -0.15) is 0 Å². The molecule has 2 heterocycles. The molecule has 0 bridgehead atoms. The lowest BCUT2D eigenvalue weighted by molar-refractivity contribution is -0.132. The summed E-state index contributed by atoms with van der Waals surface area (Å²) in [6, 6.07) is 15.6. The van der Waals surface area contributed by atoms with E-state index in [4.69, 9.17) is 9.47 Å². The van der Waals surface area contributed by atoms with Crippen molar-refractivity contribution in [1.82, 2.24) is 4.90 Å². The number of ether oxygens (including phenoxy) is 2. The van der Waals surface area contributed by atoms with Gasteiger partial charge in [0, 0.05) is 17.4 Å². The normalized spacial score (nSPS) is 15.4.